The summed E-state index contributed by atoms with van der Waals surface area (Å²) in [6.45, 7) is 3.41. The lowest BCUT2D eigenvalue weighted by Crippen LogP contribution is -2.27. The number of aryl methyl sites for hydroxylation is 1. The number of carbonyl (C=O) groups excluding carboxylic acids is 1. The van der Waals surface area contributed by atoms with Crippen LogP contribution in [0.15, 0.2) is 18.2 Å². The third-order valence-corrected chi connectivity index (χ3v) is 3.12. The van der Waals surface area contributed by atoms with Crippen LogP contribution in [0.4, 0.5) is 0 Å². The zero-order chi connectivity index (χ0) is 13.0. The maximum atomic E-state index is 11.8. The van der Waals surface area contributed by atoms with Gasteiger partial charge in [0.1, 0.15) is 5.75 Å². The zero-order valence-corrected chi connectivity index (χ0v) is 10.7. The van der Waals surface area contributed by atoms with Gasteiger partial charge in [0.2, 0.25) is 0 Å². The predicted molar refractivity (Wildman–Crippen MR) is 70.8 cm³/mol. The van der Waals surface area contributed by atoms with Gasteiger partial charge in [-0.15, -0.1) is 0 Å². The molecule has 98 valence electrons. The van der Waals surface area contributed by atoms with Crippen LogP contribution in [0.1, 0.15) is 35.2 Å². The van der Waals surface area contributed by atoms with Gasteiger partial charge in [-0.2, -0.15) is 0 Å². The Morgan fingerprint density at radius 3 is 2.83 bits per heavy atom. The van der Waals surface area contributed by atoms with Crippen LogP contribution in [0.2, 0.25) is 0 Å². The average Bonchev–Trinajstić information content (AvgIpc) is 3.16. The molecule has 0 unspecified atom stereocenters. The molecule has 0 radical (unpaired) electrons. The fraction of sp³-hybridized carbons (Fsp3) is 0.500. The third kappa shape index (κ3) is 3.74. The van der Waals surface area contributed by atoms with Gasteiger partial charge in [-0.25, -0.2) is 0 Å². The first kappa shape index (κ1) is 12.9. The minimum atomic E-state index is -0.128. The molecule has 4 heteroatoms. The summed E-state index contributed by atoms with van der Waals surface area (Å²) in [7, 11) is 0. The summed E-state index contributed by atoms with van der Waals surface area (Å²) in [5.41, 5.74) is 1.29. The number of phenolic OH excluding ortho intramolecular Hbond substituents is 1. The Morgan fingerprint density at radius 2 is 2.17 bits per heavy atom. The molecule has 0 aromatic heterocycles. The lowest BCUT2D eigenvalue weighted by atomic mass is 10.1. The topological polar surface area (TPSA) is 61.4 Å². The number of amides is 1. The maximum absolute atomic E-state index is 11.8. The van der Waals surface area contributed by atoms with Gasteiger partial charge in [0.25, 0.3) is 5.91 Å². The average molecular weight is 248 g/mol. The summed E-state index contributed by atoms with van der Waals surface area (Å²) in [5.74, 6) is 0.0368. The molecule has 2 rings (SSSR count). The molecule has 0 heterocycles. The maximum Gasteiger partial charge on any atom is 0.251 e. The normalized spacial score (nSPS) is 14.5. The largest absolute Gasteiger partial charge is 0.508 e. The Kier molecular flexibility index (Phi) is 4.20. The van der Waals surface area contributed by atoms with Crippen molar-refractivity contribution in [1.82, 2.24) is 10.6 Å². The van der Waals surface area contributed by atoms with E-state index in [1.54, 1.807) is 19.1 Å². The van der Waals surface area contributed by atoms with Crippen molar-refractivity contribution < 1.29 is 9.90 Å². The molecule has 1 saturated carbocycles. The van der Waals surface area contributed by atoms with Crippen molar-refractivity contribution in [3.8, 4) is 5.75 Å². The van der Waals surface area contributed by atoms with Crippen LogP contribution in [-0.4, -0.2) is 30.1 Å². The highest BCUT2D eigenvalue weighted by molar-refractivity contribution is 5.94. The Hall–Kier alpha value is -1.55. The number of nitrogens with one attached hydrogen (secondary N) is 2. The lowest BCUT2D eigenvalue weighted by Gasteiger charge is -2.07. The van der Waals surface area contributed by atoms with E-state index in [1.807, 2.05) is 0 Å². The van der Waals surface area contributed by atoms with Crippen molar-refractivity contribution in [3.63, 3.8) is 0 Å². The Balaban J connectivity index is 1.70. The standard InChI is InChI=1S/C14H20N2O2/c1-10-3-4-11(9-13(10)17)14(18)16-8-2-7-15-12-5-6-12/h3-4,9,12,15,17H,2,5-8H2,1H3,(H,16,18). The monoisotopic (exact) mass is 248 g/mol. The molecule has 1 aliphatic carbocycles. The van der Waals surface area contributed by atoms with Crippen molar-refractivity contribution in [2.24, 2.45) is 0 Å². The number of benzene rings is 1. The molecule has 1 aromatic carbocycles. The van der Waals surface area contributed by atoms with Crippen molar-refractivity contribution in [1.29, 1.82) is 0 Å². The summed E-state index contributed by atoms with van der Waals surface area (Å²) in [5, 5.41) is 15.8. The summed E-state index contributed by atoms with van der Waals surface area (Å²) in [4.78, 5) is 11.8. The van der Waals surface area contributed by atoms with E-state index in [0.717, 1.165) is 24.6 Å². The molecule has 18 heavy (non-hydrogen) atoms. The van der Waals surface area contributed by atoms with Gasteiger partial charge in [-0.05, 0) is 50.4 Å². The van der Waals surface area contributed by atoms with Crippen LogP contribution >= 0.6 is 0 Å². The van der Waals surface area contributed by atoms with E-state index in [9.17, 15) is 9.90 Å². The molecular formula is C14H20N2O2. The smallest absolute Gasteiger partial charge is 0.251 e. The molecule has 1 aliphatic rings. The first-order valence-corrected chi connectivity index (χ1v) is 6.48. The first-order valence-electron chi connectivity index (χ1n) is 6.48. The highest BCUT2D eigenvalue weighted by Crippen LogP contribution is 2.18. The van der Waals surface area contributed by atoms with Crippen molar-refractivity contribution in [3.05, 3.63) is 29.3 Å². The van der Waals surface area contributed by atoms with E-state index in [0.29, 0.717) is 12.1 Å². The van der Waals surface area contributed by atoms with Crippen LogP contribution in [0, 0.1) is 6.92 Å². The zero-order valence-electron chi connectivity index (χ0n) is 10.7. The molecule has 1 amide bonds. The minimum Gasteiger partial charge on any atom is -0.508 e. The fourth-order valence-electron chi connectivity index (χ4n) is 1.74. The number of rotatable bonds is 6. The van der Waals surface area contributed by atoms with Gasteiger partial charge in [0, 0.05) is 18.2 Å². The van der Waals surface area contributed by atoms with Crippen LogP contribution in [0.5, 0.6) is 5.75 Å². The summed E-state index contributed by atoms with van der Waals surface area (Å²) in [6.07, 6.45) is 3.50. The summed E-state index contributed by atoms with van der Waals surface area (Å²) >= 11 is 0. The molecule has 4 nitrogen and oxygen atoms in total. The number of phenols is 1. The second-order valence-electron chi connectivity index (χ2n) is 4.84. The Bertz CT molecular complexity index is 428. The number of carbonyl (C=O) groups is 1. The molecule has 0 saturated heterocycles. The highest BCUT2D eigenvalue weighted by Gasteiger charge is 2.19. The molecule has 1 aromatic rings. The summed E-state index contributed by atoms with van der Waals surface area (Å²) < 4.78 is 0. The molecule has 0 spiro atoms. The van der Waals surface area contributed by atoms with Crippen LogP contribution < -0.4 is 10.6 Å². The minimum absolute atomic E-state index is 0.128. The van der Waals surface area contributed by atoms with E-state index in [4.69, 9.17) is 0 Å². The van der Waals surface area contributed by atoms with Crippen LogP contribution in [0.25, 0.3) is 0 Å². The van der Waals surface area contributed by atoms with Gasteiger partial charge in [0.15, 0.2) is 0 Å². The quantitative estimate of drug-likeness (QED) is 0.670. The van der Waals surface area contributed by atoms with E-state index >= 15 is 0 Å². The van der Waals surface area contributed by atoms with Gasteiger partial charge in [0.05, 0.1) is 0 Å². The first-order chi connectivity index (χ1) is 8.66. The fourth-order valence-corrected chi connectivity index (χ4v) is 1.74. The van der Waals surface area contributed by atoms with Gasteiger partial charge in [-0.3, -0.25) is 4.79 Å². The number of hydrogen-bond donors (Lipinski definition) is 3. The van der Waals surface area contributed by atoms with Gasteiger partial charge >= 0.3 is 0 Å². The molecule has 0 aliphatic heterocycles. The van der Waals surface area contributed by atoms with Crippen molar-refractivity contribution in [2.75, 3.05) is 13.1 Å². The molecular weight excluding hydrogens is 228 g/mol. The van der Waals surface area contributed by atoms with E-state index in [1.165, 1.54) is 18.9 Å². The Labute approximate surface area is 107 Å². The number of aromatic hydroxyl groups is 1. The van der Waals surface area contributed by atoms with Gasteiger partial charge < -0.3 is 15.7 Å². The Morgan fingerprint density at radius 1 is 1.39 bits per heavy atom. The molecule has 0 atom stereocenters. The second-order valence-corrected chi connectivity index (χ2v) is 4.84. The SMILES string of the molecule is Cc1ccc(C(=O)NCCCNC2CC2)cc1O. The van der Waals surface area contributed by atoms with Crippen LogP contribution in [0.3, 0.4) is 0 Å². The van der Waals surface area contributed by atoms with Crippen molar-refractivity contribution in [2.45, 2.75) is 32.2 Å². The van der Waals surface area contributed by atoms with E-state index in [2.05, 4.69) is 10.6 Å². The third-order valence-electron chi connectivity index (χ3n) is 3.12. The van der Waals surface area contributed by atoms with Crippen LogP contribution in [-0.2, 0) is 0 Å². The molecule has 3 N–H and O–H groups in total. The second kappa shape index (κ2) is 5.87. The highest BCUT2D eigenvalue weighted by atomic mass is 16.3. The van der Waals surface area contributed by atoms with E-state index < -0.39 is 0 Å². The van der Waals surface area contributed by atoms with E-state index in [-0.39, 0.29) is 11.7 Å². The molecule has 1 fully saturated rings. The summed E-state index contributed by atoms with van der Waals surface area (Å²) in [6, 6.07) is 5.70. The lowest BCUT2D eigenvalue weighted by molar-refractivity contribution is 0.0953. The molecule has 0 bridgehead atoms. The predicted octanol–water partition coefficient (Wildman–Crippen LogP) is 1.57. The number of hydrogen-bond acceptors (Lipinski definition) is 3. The van der Waals surface area contributed by atoms with Crippen molar-refractivity contribution >= 4 is 5.91 Å². The van der Waals surface area contributed by atoms with Gasteiger partial charge in [-0.1, -0.05) is 6.07 Å².